The smallest absolute Gasteiger partial charge is 0.150 e. The Labute approximate surface area is 121 Å². The fraction of sp³-hybridized carbons (Fsp3) is 0.133. The molecule has 0 aromatic heterocycles. The molecule has 104 valence electrons. The second-order valence-electron chi connectivity index (χ2n) is 4.46. The average Bonchev–Trinajstić information content (AvgIpc) is 2.43. The molecule has 0 spiro atoms. The van der Waals surface area contributed by atoms with Crippen LogP contribution in [0.15, 0.2) is 42.5 Å². The maximum absolute atomic E-state index is 13.9. The molecule has 0 heterocycles. The largest absolute Gasteiger partial charge is 0.389 e. The molecule has 0 aliphatic rings. The molecule has 0 bridgehead atoms. The Morgan fingerprint density at radius 1 is 1.15 bits per heavy atom. The highest BCUT2D eigenvalue weighted by atomic mass is 32.1. The van der Waals surface area contributed by atoms with E-state index < -0.39 is 11.6 Å². The second kappa shape index (κ2) is 5.96. The number of hydrogen-bond donors (Lipinski definition) is 2. The predicted octanol–water partition coefficient (Wildman–Crippen LogP) is 3.77. The standard InChI is InChI=1S/C15H14F2N2S/c1-9(10-5-3-2-4-6-10)19-14-12(16)7-11(15(18)20)8-13(14)17/h2-9,19H,1H3,(H2,18,20). The topological polar surface area (TPSA) is 38.0 Å². The molecule has 0 amide bonds. The molecule has 0 aliphatic carbocycles. The number of hydrogen-bond acceptors (Lipinski definition) is 2. The Bertz CT molecular complexity index is 606. The summed E-state index contributed by atoms with van der Waals surface area (Å²) in [5.74, 6) is -1.42. The molecule has 0 saturated heterocycles. The van der Waals surface area contributed by atoms with Crippen molar-refractivity contribution in [2.45, 2.75) is 13.0 Å². The predicted molar refractivity (Wildman–Crippen MR) is 80.7 cm³/mol. The molecule has 0 fully saturated rings. The van der Waals surface area contributed by atoms with Gasteiger partial charge in [0.25, 0.3) is 0 Å². The Morgan fingerprint density at radius 2 is 1.70 bits per heavy atom. The minimum Gasteiger partial charge on any atom is -0.389 e. The summed E-state index contributed by atoms with van der Waals surface area (Å²) in [6.45, 7) is 1.83. The molecule has 3 N–H and O–H groups in total. The van der Waals surface area contributed by atoms with Gasteiger partial charge >= 0.3 is 0 Å². The number of thiocarbonyl (C=S) groups is 1. The maximum atomic E-state index is 13.9. The van der Waals surface area contributed by atoms with E-state index in [9.17, 15) is 8.78 Å². The van der Waals surface area contributed by atoms with Gasteiger partial charge in [-0.05, 0) is 24.6 Å². The number of anilines is 1. The van der Waals surface area contributed by atoms with Crippen molar-refractivity contribution in [1.82, 2.24) is 0 Å². The van der Waals surface area contributed by atoms with E-state index in [0.717, 1.165) is 17.7 Å². The van der Waals surface area contributed by atoms with E-state index in [0.29, 0.717) is 0 Å². The summed E-state index contributed by atoms with van der Waals surface area (Å²) in [4.78, 5) is -0.0366. The maximum Gasteiger partial charge on any atom is 0.150 e. The fourth-order valence-electron chi connectivity index (χ4n) is 1.89. The molecule has 0 radical (unpaired) electrons. The lowest BCUT2D eigenvalue weighted by molar-refractivity contribution is 0.584. The Hall–Kier alpha value is -2.01. The van der Waals surface area contributed by atoms with Gasteiger partial charge < -0.3 is 11.1 Å². The highest BCUT2D eigenvalue weighted by Crippen LogP contribution is 2.25. The third-order valence-corrected chi connectivity index (χ3v) is 3.22. The van der Waals surface area contributed by atoms with Crippen LogP contribution in [0.4, 0.5) is 14.5 Å². The summed E-state index contributed by atoms with van der Waals surface area (Å²) in [7, 11) is 0. The van der Waals surface area contributed by atoms with E-state index in [1.807, 2.05) is 37.3 Å². The highest BCUT2D eigenvalue weighted by Gasteiger charge is 2.15. The van der Waals surface area contributed by atoms with Crippen LogP contribution in [0.2, 0.25) is 0 Å². The van der Waals surface area contributed by atoms with Crippen LogP contribution < -0.4 is 11.1 Å². The van der Waals surface area contributed by atoms with Crippen LogP contribution in [0.1, 0.15) is 24.1 Å². The quantitative estimate of drug-likeness (QED) is 0.842. The van der Waals surface area contributed by atoms with E-state index in [1.165, 1.54) is 0 Å². The van der Waals surface area contributed by atoms with Crippen molar-refractivity contribution in [2.75, 3.05) is 5.32 Å². The Morgan fingerprint density at radius 3 is 2.20 bits per heavy atom. The van der Waals surface area contributed by atoms with Crippen LogP contribution >= 0.6 is 12.2 Å². The van der Waals surface area contributed by atoms with Gasteiger partial charge in [0, 0.05) is 11.6 Å². The van der Waals surface area contributed by atoms with Crippen LogP contribution in [0.5, 0.6) is 0 Å². The van der Waals surface area contributed by atoms with E-state index in [1.54, 1.807) is 0 Å². The van der Waals surface area contributed by atoms with Gasteiger partial charge in [0.1, 0.15) is 22.3 Å². The Kier molecular flexibility index (Phi) is 4.29. The minimum atomic E-state index is -0.712. The van der Waals surface area contributed by atoms with E-state index in [2.05, 4.69) is 5.32 Å². The summed E-state index contributed by atoms with van der Waals surface area (Å²) < 4.78 is 27.9. The SMILES string of the molecule is CC(Nc1c(F)cc(C(N)=S)cc1F)c1ccccc1. The van der Waals surface area contributed by atoms with Crippen LogP contribution in [0, 0.1) is 11.6 Å². The van der Waals surface area contributed by atoms with E-state index in [4.69, 9.17) is 18.0 Å². The third kappa shape index (κ3) is 3.11. The molecule has 1 unspecified atom stereocenters. The molecule has 20 heavy (non-hydrogen) atoms. The van der Waals surface area contributed by atoms with Crippen LogP contribution in [-0.2, 0) is 0 Å². The van der Waals surface area contributed by atoms with Crippen molar-refractivity contribution < 1.29 is 8.78 Å². The molecular weight excluding hydrogens is 278 g/mol. The number of rotatable bonds is 4. The van der Waals surface area contributed by atoms with E-state index >= 15 is 0 Å². The highest BCUT2D eigenvalue weighted by molar-refractivity contribution is 7.80. The monoisotopic (exact) mass is 292 g/mol. The molecule has 2 aromatic carbocycles. The number of halogens is 2. The average molecular weight is 292 g/mol. The van der Waals surface area contributed by atoms with Gasteiger partial charge in [-0.1, -0.05) is 42.5 Å². The first-order chi connectivity index (χ1) is 9.49. The molecular formula is C15H14F2N2S. The first kappa shape index (κ1) is 14.4. The summed E-state index contributed by atoms with van der Waals surface area (Å²) in [6, 6.07) is 11.4. The van der Waals surface area contributed by atoms with Gasteiger partial charge in [0.05, 0.1) is 0 Å². The number of nitrogens with two attached hydrogens (primary N) is 1. The number of nitrogens with one attached hydrogen (secondary N) is 1. The molecule has 0 aliphatic heterocycles. The van der Waals surface area contributed by atoms with Gasteiger partial charge in [-0.25, -0.2) is 8.78 Å². The van der Waals surface area contributed by atoms with Gasteiger partial charge in [0.2, 0.25) is 0 Å². The zero-order valence-electron chi connectivity index (χ0n) is 10.9. The van der Waals surface area contributed by atoms with Crippen molar-refractivity contribution in [3.63, 3.8) is 0 Å². The molecule has 2 nitrogen and oxygen atoms in total. The third-order valence-electron chi connectivity index (χ3n) is 2.99. The van der Waals surface area contributed by atoms with Crippen molar-refractivity contribution in [3.05, 3.63) is 65.2 Å². The van der Waals surface area contributed by atoms with E-state index in [-0.39, 0.29) is 22.3 Å². The summed E-state index contributed by atoms with van der Waals surface area (Å²) in [5.41, 5.74) is 6.30. The normalized spacial score (nSPS) is 11.9. The zero-order chi connectivity index (χ0) is 14.7. The number of benzene rings is 2. The Balaban J connectivity index is 2.28. The molecule has 5 heteroatoms. The molecule has 0 saturated carbocycles. The lowest BCUT2D eigenvalue weighted by Crippen LogP contribution is -2.13. The molecule has 2 aromatic rings. The minimum absolute atomic E-state index is 0.0366. The first-order valence-corrected chi connectivity index (χ1v) is 6.50. The van der Waals surface area contributed by atoms with Crippen molar-refractivity contribution in [3.8, 4) is 0 Å². The summed E-state index contributed by atoms with van der Waals surface area (Å²) >= 11 is 4.71. The van der Waals surface area contributed by atoms with Crippen LogP contribution in [-0.4, -0.2) is 4.99 Å². The molecule has 2 rings (SSSR count). The van der Waals surface area contributed by atoms with Gasteiger partial charge in [-0.3, -0.25) is 0 Å². The molecule has 1 atom stereocenters. The summed E-state index contributed by atoms with van der Waals surface area (Å²) in [6.07, 6.45) is 0. The van der Waals surface area contributed by atoms with Gasteiger partial charge in [-0.2, -0.15) is 0 Å². The van der Waals surface area contributed by atoms with Gasteiger partial charge in [0.15, 0.2) is 0 Å². The van der Waals surface area contributed by atoms with Crippen molar-refractivity contribution >= 4 is 22.9 Å². The van der Waals surface area contributed by atoms with Crippen molar-refractivity contribution in [1.29, 1.82) is 0 Å². The lowest BCUT2D eigenvalue weighted by Gasteiger charge is -2.17. The van der Waals surface area contributed by atoms with Crippen LogP contribution in [0.25, 0.3) is 0 Å². The summed E-state index contributed by atoms with van der Waals surface area (Å²) in [5, 5.41) is 2.83. The van der Waals surface area contributed by atoms with Crippen LogP contribution in [0.3, 0.4) is 0 Å². The zero-order valence-corrected chi connectivity index (χ0v) is 11.7. The van der Waals surface area contributed by atoms with Crippen molar-refractivity contribution in [2.24, 2.45) is 5.73 Å². The van der Waals surface area contributed by atoms with Gasteiger partial charge in [-0.15, -0.1) is 0 Å². The lowest BCUT2D eigenvalue weighted by atomic mass is 10.1. The first-order valence-electron chi connectivity index (χ1n) is 6.09. The fourth-order valence-corrected chi connectivity index (χ4v) is 2.01. The second-order valence-corrected chi connectivity index (χ2v) is 4.90.